The van der Waals surface area contributed by atoms with E-state index in [1.54, 1.807) is 0 Å². The van der Waals surface area contributed by atoms with Gasteiger partial charge in [0.2, 0.25) is 0 Å². The van der Waals surface area contributed by atoms with E-state index in [-0.39, 0.29) is 6.61 Å². The molecule has 0 heterocycles. The molecule has 0 aliphatic rings. The third-order valence-corrected chi connectivity index (χ3v) is 5.49. The van der Waals surface area contributed by atoms with Crippen LogP contribution in [0.2, 0.25) is 0 Å². The van der Waals surface area contributed by atoms with Crippen molar-refractivity contribution < 1.29 is 9.84 Å². The van der Waals surface area contributed by atoms with Crippen LogP contribution in [-0.2, 0) is 0 Å². The molecular weight excluding hydrogens is 382 g/mol. The lowest BCUT2D eigenvalue weighted by atomic mass is 9.88. The van der Waals surface area contributed by atoms with E-state index in [4.69, 9.17) is 4.74 Å². The molecule has 0 amide bonds. The SMILES string of the molecule is CCC(=C(c1ccccc1)c1ccc(OCC(O)CN(C)CC)cc1)c1ccccc1. The third kappa shape index (κ3) is 6.30. The predicted molar refractivity (Wildman–Crippen MR) is 130 cm³/mol. The lowest BCUT2D eigenvalue weighted by Crippen LogP contribution is -2.32. The van der Waals surface area contributed by atoms with Gasteiger partial charge in [0, 0.05) is 6.54 Å². The summed E-state index contributed by atoms with van der Waals surface area (Å²) in [5.74, 6) is 0.770. The molecule has 0 saturated heterocycles. The summed E-state index contributed by atoms with van der Waals surface area (Å²) in [7, 11) is 1.99. The summed E-state index contributed by atoms with van der Waals surface area (Å²) >= 11 is 0. The molecule has 31 heavy (non-hydrogen) atoms. The first-order valence-corrected chi connectivity index (χ1v) is 11.1. The molecule has 3 nitrogen and oxygen atoms in total. The third-order valence-electron chi connectivity index (χ3n) is 5.49. The summed E-state index contributed by atoms with van der Waals surface area (Å²) in [5.41, 5.74) is 6.16. The second-order valence-electron chi connectivity index (χ2n) is 7.78. The van der Waals surface area contributed by atoms with E-state index in [9.17, 15) is 5.11 Å². The molecule has 0 spiro atoms. The molecule has 1 unspecified atom stereocenters. The Bertz CT molecular complexity index is 949. The molecule has 3 aromatic rings. The maximum Gasteiger partial charge on any atom is 0.119 e. The van der Waals surface area contributed by atoms with E-state index in [1.165, 1.54) is 22.3 Å². The van der Waals surface area contributed by atoms with Gasteiger partial charge in [-0.3, -0.25) is 0 Å². The van der Waals surface area contributed by atoms with Gasteiger partial charge in [0.05, 0.1) is 0 Å². The highest BCUT2D eigenvalue weighted by atomic mass is 16.5. The number of likely N-dealkylation sites (N-methyl/N-ethyl adjacent to an activating group) is 1. The standard InChI is InChI=1S/C28H33NO2/c1-4-27(22-12-8-6-9-13-22)28(23-14-10-7-11-15-23)24-16-18-26(19-17-24)31-21-25(30)20-29(3)5-2/h6-19,25,30H,4-5,20-21H2,1-3H3. The Balaban J connectivity index is 1.88. The maximum atomic E-state index is 10.2. The summed E-state index contributed by atoms with van der Waals surface area (Å²) in [6, 6.07) is 29.3. The van der Waals surface area contributed by atoms with Crippen molar-refractivity contribution in [2.24, 2.45) is 0 Å². The fourth-order valence-electron chi connectivity index (χ4n) is 3.74. The molecule has 0 radical (unpaired) electrons. The van der Waals surface area contributed by atoms with Crippen molar-refractivity contribution in [2.45, 2.75) is 26.4 Å². The number of hydrogen-bond donors (Lipinski definition) is 1. The minimum atomic E-state index is -0.505. The Morgan fingerprint density at radius 1 is 0.806 bits per heavy atom. The fourth-order valence-corrected chi connectivity index (χ4v) is 3.74. The van der Waals surface area contributed by atoms with Crippen molar-refractivity contribution in [3.8, 4) is 5.75 Å². The molecule has 3 aromatic carbocycles. The average Bonchev–Trinajstić information content (AvgIpc) is 2.82. The van der Waals surface area contributed by atoms with Gasteiger partial charge in [0.15, 0.2) is 0 Å². The first-order valence-electron chi connectivity index (χ1n) is 11.1. The molecule has 3 heteroatoms. The van der Waals surface area contributed by atoms with Crippen LogP contribution in [0.5, 0.6) is 5.75 Å². The van der Waals surface area contributed by atoms with Crippen LogP contribution in [0.4, 0.5) is 0 Å². The van der Waals surface area contributed by atoms with E-state index in [1.807, 2.05) is 25.2 Å². The summed E-state index contributed by atoms with van der Waals surface area (Å²) in [4.78, 5) is 2.07. The number of nitrogens with zero attached hydrogens (tertiary/aromatic N) is 1. The highest BCUT2D eigenvalue weighted by molar-refractivity contribution is 5.98. The second-order valence-corrected chi connectivity index (χ2v) is 7.78. The van der Waals surface area contributed by atoms with Crippen LogP contribution in [0.25, 0.3) is 11.1 Å². The van der Waals surface area contributed by atoms with Crippen LogP contribution < -0.4 is 4.74 Å². The van der Waals surface area contributed by atoms with Crippen LogP contribution in [0.15, 0.2) is 84.9 Å². The molecule has 0 fully saturated rings. The number of hydrogen-bond acceptors (Lipinski definition) is 3. The van der Waals surface area contributed by atoms with Crippen LogP contribution in [0, 0.1) is 0 Å². The second kappa shape index (κ2) is 11.5. The van der Waals surface area contributed by atoms with Crippen molar-refractivity contribution in [3.63, 3.8) is 0 Å². The minimum Gasteiger partial charge on any atom is -0.491 e. The number of allylic oxidation sites excluding steroid dienone is 1. The van der Waals surface area contributed by atoms with E-state index in [2.05, 4.69) is 85.5 Å². The average molecular weight is 416 g/mol. The topological polar surface area (TPSA) is 32.7 Å². The summed E-state index contributed by atoms with van der Waals surface area (Å²) in [6.07, 6.45) is 0.429. The summed E-state index contributed by atoms with van der Waals surface area (Å²) < 4.78 is 5.83. The Hall–Kier alpha value is -2.88. The van der Waals surface area contributed by atoms with Crippen molar-refractivity contribution in [1.82, 2.24) is 4.90 Å². The number of benzene rings is 3. The molecule has 0 bridgehead atoms. The van der Waals surface area contributed by atoms with Gasteiger partial charge in [0.1, 0.15) is 18.5 Å². The lowest BCUT2D eigenvalue weighted by Gasteiger charge is -2.19. The Labute approximate surface area is 186 Å². The van der Waals surface area contributed by atoms with Crippen LogP contribution >= 0.6 is 0 Å². The van der Waals surface area contributed by atoms with Crippen LogP contribution in [0.3, 0.4) is 0 Å². The Kier molecular flexibility index (Phi) is 8.45. The Morgan fingerprint density at radius 2 is 1.35 bits per heavy atom. The molecular formula is C28H33NO2. The van der Waals surface area contributed by atoms with Crippen molar-refractivity contribution in [2.75, 3.05) is 26.7 Å². The zero-order valence-corrected chi connectivity index (χ0v) is 18.8. The smallest absolute Gasteiger partial charge is 0.119 e. The first-order chi connectivity index (χ1) is 15.1. The normalized spacial score (nSPS) is 13.1. The fraction of sp³-hybridized carbons (Fsp3) is 0.286. The molecule has 1 N–H and O–H groups in total. The lowest BCUT2D eigenvalue weighted by molar-refractivity contribution is 0.0779. The van der Waals surface area contributed by atoms with Gasteiger partial charge in [-0.05, 0) is 60.0 Å². The van der Waals surface area contributed by atoms with Gasteiger partial charge >= 0.3 is 0 Å². The predicted octanol–water partition coefficient (Wildman–Crippen LogP) is 5.75. The zero-order chi connectivity index (χ0) is 22.1. The monoisotopic (exact) mass is 415 g/mol. The van der Waals surface area contributed by atoms with Crippen LogP contribution in [0.1, 0.15) is 37.0 Å². The van der Waals surface area contributed by atoms with E-state index < -0.39 is 6.10 Å². The van der Waals surface area contributed by atoms with Gasteiger partial charge in [-0.1, -0.05) is 86.6 Å². The quantitative estimate of drug-likeness (QED) is 0.428. The van der Waals surface area contributed by atoms with Gasteiger partial charge in [0.25, 0.3) is 0 Å². The van der Waals surface area contributed by atoms with Gasteiger partial charge < -0.3 is 14.7 Å². The molecule has 0 aliphatic carbocycles. The highest BCUT2D eigenvalue weighted by Gasteiger charge is 2.13. The van der Waals surface area contributed by atoms with Gasteiger partial charge in [-0.25, -0.2) is 0 Å². The van der Waals surface area contributed by atoms with Crippen molar-refractivity contribution in [1.29, 1.82) is 0 Å². The van der Waals surface area contributed by atoms with E-state index in [0.29, 0.717) is 6.54 Å². The minimum absolute atomic E-state index is 0.287. The number of ether oxygens (including phenoxy) is 1. The molecule has 1 atom stereocenters. The van der Waals surface area contributed by atoms with Gasteiger partial charge in [-0.15, -0.1) is 0 Å². The number of rotatable bonds is 10. The largest absolute Gasteiger partial charge is 0.491 e. The van der Waals surface area contributed by atoms with E-state index in [0.717, 1.165) is 24.3 Å². The number of aliphatic hydroxyl groups excluding tert-OH is 1. The van der Waals surface area contributed by atoms with E-state index >= 15 is 0 Å². The number of aliphatic hydroxyl groups is 1. The molecule has 162 valence electrons. The molecule has 0 saturated carbocycles. The highest BCUT2D eigenvalue weighted by Crippen LogP contribution is 2.34. The zero-order valence-electron chi connectivity index (χ0n) is 18.8. The summed E-state index contributed by atoms with van der Waals surface area (Å²) in [5, 5.41) is 10.2. The maximum absolute atomic E-state index is 10.2. The van der Waals surface area contributed by atoms with Crippen molar-refractivity contribution in [3.05, 3.63) is 102 Å². The first kappa shape index (κ1) is 22.8. The Morgan fingerprint density at radius 3 is 1.90 bits per heavy atom. The van der Waals surface area contributed by atoms with Gasteiger partial charge in [-0.2, -0.15) is 0 Å². The molecule has 0 aromatic heterocycles. The summed E-state index contributed by atoms with van der Waals surface area (Å²) in [6.45, 7) is 6.07. The molecule has 3 rings (SSSR count). The molecule has 0 aliphatic heterocycles. The van der Waals surface area contributed by atoms with Crippen LogP contribution in [-0.4, -0.2) is 42.9 Å². The van der Waals surface area contributed by atoms with Crippen molar-refractivity contribution >= 4 is 11.1 Å².